The zero-order chi connectivity index (χ0) is 13.7. The second-order valence-corrected chi connectivity index (χ2v) is 4.06. The second-order valence-electron chi connectivity index (χ2n) is 4.06. The fourth-order valence-electron chi connectivity index (χ4n) is 1.72. The Hall–Kier alpha value is -2.36. The second kappa shape index (κ2) is 6.00. The number of pyridine rings is 1. The molecule has 0 spiro atoms. The number of carbonyl (C=O) groups excluding carboxylic acids is 1. The van der Waals surface area contributed by atoms with E-state index in [1.807, 2.05) is 38.1 Å². The zero-order valence-corrected chi connectivity index (χ0v) is 11.0. The van der Waals surface area contributed by atoms with Crippen molar-refractivity contribution in [3.63, 3.8) is 0 Å². The van der Waals surface area contributed by atoms with Gasteiger partial charge in [0.1, 0.15) is 5.56 Å². The van der Waals surface area contributed by atoms with Crippen LogP contribution >= 0.6 is 0 Å². The molecule has 4 heteroatoms. The monoisotopic (exact) mass is 256 g/mol. The van der Waals surface area contributed by atoms with Crippen LogP contribution in [0.3, 0.4) is 0 Å². The molecule has 2 rings (SSSR count). The highest BCUT2D eigenvalue weighted by atomic mass is 16.5. The van der Waals surface area contributed by atoms with Gasteiger partial charge in [-0.15, -0.1) is 0 Å². The van der Waals surface area contributed by atoms with E-state index >= 15 is 0 Å². The predicted octanol–water partition coefficient (Wildman–Crippen LogP) is 3.04. The molecule has 0 unspecified atom stereocenters. The molecule has 0 aliphatic carbocycles. The molecule has 19 heavy (non-hydrogen) atoms. The maximum atomic E-state index is 12.2. The zero-order valence-electron chi connectivity index (χ0n) is 11.0. The fourth-order valence-corrected chi connectivity index (χ4v) is 1.72. The summed E-state index contributed by atoms with van der Waals surface area (Å²) in [6.45, 7) is 4.28. The number of aryl methyl sites for hydroxylation is 1. The summed E-state index contributed by atoms with van der Waals surface area (Å²) in [5, 5.41) is 2.87. The van der Waals surface area contributed by atoms with Gasteiger partial charge in [-0.1, -0.05) is 18.2 Å². The highest BCUT2D eigenvalue weighted by molar-refractivity contribution is 6.06. The molecule has 0 atom stereocenters. The summed E-state index contributed by atoms with van der Waals surface area (Å²) in [5.74, 6) is 0.141. The van der Waals surface area contributed by atoms with Gasteiger partial charge in [0.25, 0.3) is 5.91 Å². The Bertz CT molecular complexity index is 582. The van der Waals surface area contributed by atoms with E-state index in [0.717, 1.165) is 11.3 Å². The molecule has 1 heterocycles. The summed E-state index contributed by atoms with van der Waals surface area (Å²) in [6, 6.07) is 11.0. The van der Waals surface area contributed by atoms with Crippen LogP contribution in [0.1, 0.15) is 22.8 Å². The van der Waals surface area contributed by atoms with E-state index in [2.05, 4.69) is 10.3 Å². The number of hydrogen-bond donors (Lipinski definition) is 1. The number of hydrogen-bond acceptors (Lipinski definition) is 3. The number of amides is 1. The number of nitrogens with one attached hydrogen (secondary N) is 1. The Morgan fingerprint density at radius 2 is 2.05 bits per heavy atom. The first-order valence-electron chi connectivity index (χ1n) is 6.17. The molecule has 2 aromatic rings. The predicted molar refractivity (Wildman–Crippen MR) is 74.5 cm³/mol. The molecular formula is C15H16N2O2. The smallest absolute Gasteiger partial charge is 0.261 e. The van der Waals surface area contributed by atoms with Gasteiger partial charge in [0, 0.05) is 11.9 Å². The van der Waals surface area contributed by atoms with Crippen molar-refractivity contribution >= 4 is 11.6 Å². The minimum atomic E-state index is -0.217. The van der Waals surface area contributed by atoms with Gasteiger partial charge in [-0.2, -0.15) is 0 Å². The summed E-state index contributed by atoms with van der Waals surface area (Å²) in [5.41, 5.74) is 2.24. The van der Waals surface area contributed by atoms with Crippen molar-refractivity contribution in [1.29, 1.82) is 0 Å². The maximum absolute atomic E-state index is 12.2. The first-order valence-corrected chi connectivity index (χ1v) is 6.17. The van der Waals surface area contributed by atoms with Crippen molar-refractivity contribution in [2.45, 2.75) is 13.8 Å². The Morgan fingerprint density at radius 3 is 2.79 bits per heavy atom. The molecular weight excluding hydrogens is 240 g/mol. The van der Waals surface area contributed by atoms with E-state index in [4.69, 9.17) is 4.74 Å². The van der Waals surface area contributed by atoms with Crippen LogP contribution in [0.2, 0.25) is 0 Å². The van der Waals surface area contributed by atoms with E-state index in [0.29, 0.717) is 18.1 Å². The van der Waals surface area contributed by atoms with E-state index in [9.17, 15) is 4.79 Å². The highest BCUT2D eigenvalue weighted by Gasteiger charge is 2.13. The average Bonchev–Trinajstić information content (AvgIpc) is 2.42. The van der Waals surface area contributed by atoms with E-state index in [-0.39, 0.29) is 5.91 Å². The fraction of sp³-hybridized carbons (Fsp3) is 0.200. The van der Waals surface area contributed by atoms with Crippen LogP contribution < -0.4 is 10.1 Å². The van der Waals surface area contributed by atoms with Crippen LogP contribution in [0.25, 0.3) is 0 Å². The first-order chi connectivity index (χ1) is 9.22. The minimum absolute atomic E-state index is 0.217. The molecule has 0 bridgehead atoms. The summed E-state index contributed by atoms with van der Waals surface area (Å²) in [7, 11) is 0. The standard InChI is InChI=1S/C15H16N2O2/c1-3-19-15-12(8-6-10-16-15)14(18)17-13-9-5-4-7-11(13)2/h4-10H,3H2,1-2H3,(H,17,18). The third-order valence-corrected chi connectivity index (χ3v) is 2.69. The molecule has 1 aromatic carbocycles. The molecule has 98 valence electrons. The Balaban J connectivity index is 2.23. The third kappa shape index (κ3) is 3.10. The van der Waals surface area contributed by atoms with Crippen LogP contribution in [0, 0.1) is 6.92 Å². The Morgan fingerprint density at radius 1 is 1.26 bits per heavy atom. The van der Waals surface area contributed by atoms with Crippen molar-refractivity contribution in [3.05, 3.63) is 53.7 Å². The first kappa shape index (κ1) is 13.1. The average molecular weight is 256 g/mol. The quantitative estimate of drug-likeness (QED) is 0.914. The van der Waals surface area contributed by atoms with Gasteiger partial charge in [-0.25, -0.2) is 4.98 Å². The molecule has 0 fully saturated rings. The molecule has 0 aliphatic heterocycles. The Kier molecular flexibility index (Phi) is 4.13. The van der Waals surface area contributed by atoms with Gasteiger partial charge in [-0.3, -0.25) is 4.79 Å². The van der Waals surface area contributed by atoms with E-state index in [1.165, 1.54) is 0 Å². The minimum Gasteiger partial charge on any atom is -0.477 e. The van der Waals surface area contributed by atoms with E-state index < -0.39 is 0 Å². The number of nitrogens with zero attached hydrogens (tertiary/aromatic N) is 1. The number of para-hydroxylation sites is 1. The molecule has 4 nitrogen and oxygen atoms in total. The Labute approximate surface area is 112 Å². The highest BCUT2D eigenvalue weighted by Crippen LogP contribution is 2.18. The molecule has 1 amide bonds. The molecule has 0 saturated carbocycles. The van der Waals surface area contributed by atoms with Crippen LogP contribution in [-0.4, -0.2) is 17.5 Å². The van der Waals surface area contributed by atoms with E-state index in [1.54, 1.807) is 18.3 Å². The SMILES string of the molecule is CCOc1ncccc1C(=O)Nc1ccccc1C. The van der Waals surface area contributed by atoms with Gasteiger partial charge >= 0.3 is 0 Å². The van der Waals surface area contributed by atoms with Gasteiger partial charge in [0.05, 0.1) is 6.61 Å². The summed E-state index contributed by atoms with van der Waals surface area (Å²) < 4.78 is 5.35. The molecule has 0 saturated heterocycles. The lowest BCUT2D eigenvalue weighted by atomic mass is 10.2. The van der Waals surface area contributed by atoms with Crippen molar-refractivity contribution in [3.8, 4) is 5.88 Å². The van der Waals surface area contributed by atoms with Crippen LogP contribution in [0.15, 0.2) is 42.6 Å². The number of carbonyl (C=O) groups is 1. The topological polar surface area (TPSA) is 51.2 Å². The number of aromatic nitrogens is 1. The molecule has 0 radical (unpaired) electrons. The normalized spacial score (nSPS) is 10.0. The lowest BCUT2D eigenvalue weighted by Gasteiger charge is -2.10. The lowest BCUT2D eigenvalue weighted by Crippen LogP contribution is -2.15. The van der Waals surface area contributed by atoms with Crippen molar-refractivity contribution in [2.24, 2.45) is 0 Å². The molecule has 0 aliphatic rings. The summed E-state index contributed by atoms with van der Waals surface area (Å²) >= 11 is 0. The summed E-state index contributed by atoms with van der Waals surface area (Å²) in [6.07, 6.45) is 1.61. The number of benzene rings is 1. The van der Waals surface area contributed by atoms with Crippen molar-refractivity contribution in [1.82, 2.24) is 4.98 Å². The van der Waals surface area contributed by atoms with Gasteiger partial charge in [0.2, 0.25) is 5.88 Å². The third-order valence-electron chi connectivity index (χ3n) is 2.69. The molecule has 1 aromatic heterocycles. The van der Waals surface area contributed by atoms with Crippen LogP contribution in [0.5, 0.6) is 5.88 Å². The van der Waals surface area contributed by atoms with Crippen LogP contribution in [0.4, 0.5) is 5.69 Å². The number of anilines is 1. The lowest BCUT2D eigenvalue weighted by molar-refractivity contribution is 0.102. The number of rotatable bonds is 4. The molecule has 1 N–H and O–H groups in total. The number of ether oxygens (including phenoxy) is 1. The van der Waals surface area contributed by atoms with Crippen LogP contribution in [-0.2, 0) is 0 Å². The van der Waals surface area contributed by atoms with Gasteiger partial charge in [0.15, 0.2) is 0 Å². The maximum Gasteiger partial charge on any atom is 0.261 e. The van der Waals surface area contributed by atoms with Crippen molar-refractivity contribution in [2.75, 3.05) is 11.9 Å². The summed E-state index contributed by atoms with van der Waals surface area (Å²) in [4.78, 5) is 16.3. The van der Waals surface area contributed by atoms with Crippen molar-refractivity contribution < 1.29 is 9.53 Å². The van der Waals surface area contributed by atoms with Gasteiger partial charge < -0.3 is 10.1 Å². The van der Waals surface area contributed by atoms with Gasteiger partial charge in [-0.05, 0) is 37.6 Å². The largest absolute Gasteiger partial charge is 0.477 e.